The molecule has 208 valence electrons. The highest BCUT2D eigenvalue weighted by Gasteiger charge is 2.25. The van der Waals surface area contributed by atoms with Gasteiger partial charge in [-0.1, -0.05) is 30.0 Å². The quantitative estimate of drug-likeness (QED) is 0.226. The van der Waals surface area contributed by atoms with E-state index in [1.165, 1.54) is 11.3 Å². The van der Waals surface area contributed by atoms with E-state index in [1.54, 1.807) is 31.3 Å². The van der Waals surface area contributed by atoms with Crippen LogP contribution in [0.4, 0.5) is 5.69 Å². The van der Waals surface area contributed by atoms with Gasteiger partial charge in [-0.15, -0.1) is 21.5 Å². The SMILES string of the molecule is COc1ccc(N2CCN(C(=O)c3csc(CSc4nnc(-c5ccncc5)n4-c4ccccc4C)n3)CC2)cc1. The number of carbonyl (C=O) groups excluding carboxylic acids is 1. The molecule has 1 saturated heterocycles. The predicted molar refractivity (Wildman–Crippen MR) is 162 cm³/mol. The number of benzene rings is 2. The van der Waals surface area contributed by atoms with Crippen LogP contribution >= 0.6 is 23.1 Å². The van der Waals surface area contributed by atoms with Gasteiger partial charge in [0.05, 0.1) is 18.6 Å². The second-order valence-corrected chi connectivity index (χ2v) is 11.4. The van der Waals surface area contributed by atoms with Crippen molar-refractivity contribution in [3.63, 3.8) is 0 Å². The van der Waals surface area contributed by atoms with Gasteiger partial charge in [-0.2, -0.15) is 0 Å². The Kier molecular flexibility index (Phi) is 7.97. The van der Waals surface area contributed by atoms with E-state index in [0.29, 0.717) is 24.5 Å². The number of carbonyl (C=O) groups is 1. The number of piperazine rings is 1. The van der Waals surface area contributed by atoms with Crippen molar-refractivity contribution in [2.24, 2.45) is 0 Å². The summed E-state index contributed by atoms with van der Waals surface area (Å²) >= 11 is 3.06. The van der Waals surface area contributed by atoms with E-state index < -0.39 is 0 Å². The molecule has 0 spiro atoms. The number of pyridine rings is 1. The molecule has 1 aliphatic rings. The van der Waals surface area contributed by atoms with E-state index >= 15 is 0 Å². The average molecular weight is 584 g/mol. The van der Waals surface area contributed by atoms with Crippen molar-refractivity contribution in [1.29, 1.82) is 0 Å². The molecule has 6 rings (SSSR count). The molecule has 41 heavy (non-hydrogen) atoms. The fourth-order valence-electron chi connectivity index (χ4n) is 4.81. The van der Waals surface area contributed by atoms with Crippen molar-refractivity contribution in [2.45, 2.75) is 17.8 Å². The predicted octanol–water partition coefficient (Wildman–Crippen LogP) is 5.36. The van der Waals surface area contributed by atoms with E-state index in [-0.39, 0.29) is 5.91 Å². The molecule has 1 aliphatic heterocycles. The second-order valence-electron chi connectivity index (χ2n) is 9.56. The normalized spacial score (nSPS) is 13.4. The van der Waals surface area contributed by atoms with Crippen molar-refractivity contribution >= 4 is 34.7 Å². The van der Waals surface area contributed by atoms with E-state index in [4.69, 9.17) is 9.72 Å². The Balaban J connectivity index is 1.13. The molecule has 0 N–H and O–H groups in total. The van der Waals surface area contributed by atoms with Gasteiger partial charge >= 0.3 is 0 Å². The van der Waals surface area contributed by atoms with E-state index in [0.717, 1.165) is 57.3 Å². The fraction of sp³-hybridized carbons (Fsp3) is 0.233. The number of thioether (sulfide) groups is 1. The molecule has 5 aromatic rings. The molecule has 0 atom stereocenters. The summed E-state index contributed by atoms with van der Waals surface area (Å²) in [6.45, 7) is 4.95. The molecular weight excluding hydrogens is 555 g/mol. The topological polar surface area (TPSA) is 89.3 Å². The Morgan fingerprint density at radius 2 is 1.73 bits per heavy atom. The molecule has 0 unspecified atom stereocenters. The minimum atomic E-state index is -0.0186. The highest BCUT2D eigenvalue weighted by molar-refractivity contribution is 7.98. The number of hydrogen-bond acceptors (Lipinski definition) is 9. The number of para-hydroxylation sites is 1. The number of anilines is 1. The first-order valence-corrected chi connectivity index (χ1v) is 15.1. The van der Waals surface area contributed by atoms with Gasteiger partial charge in [-0.05, 0) is 55.0 Å². The highest BCUT2D eigenvalue weighted by atomic mass is 32.2. The molecule has 0 saturated carbocycles. The third-order valence-electron chi connectivity index (χ3n) is 7.03. The van der Waals surface area contributed by atoms with Gasteiger partial charge < -0.3 is 14.5 Å². The lowest BCUT2D eigenvalue weighted by Gasteiger charge is -2.35. The third-order valence-corrected chi connectivity index (χ3v) is 9.00. The molecule has 0 aliphatic carbocycles. The average Bonchev–Trinajstić information content (AvgIpc) is 3.68. The van der Waals surface area contributed by atoms with Gasteiger partial charge in [-0.3, -0.25) is 14.3 Å². The second kappa shape index (κ2) is 12.1. The molecule has 3 aromatic heterocycles. The van der Waals surface area contributed by atoms with Crippen LogP contribution in [0.3, 0.4) is 0 Å². The summed E-state index contributed by atoms with van der Waals surface area (Å²) < 4.78 is 7.34. The van der Waals surface area contributed by atoms with Crippen molar-refractivity contribution in [3.8, 4) is 22.8 Å². The summed E-state index contributed by atoms with van der Waals surface area (Å²) in [5.74, 6) is 2.16. The maximum Gasteiger partial charge on any atom is 0.273 e. The minimum Gasteiger partial charge on any atom is -0.497 e. The molecule has 9 nitrogen and oxygen atoms in total. The Morgan fingerprint density at radius 1 is 0.976 bits per heavy atom. The number of thiazole rings is 1. The van der Waals surface area contributed by atoms with Crippen LogP contribution in [0.2, 0.25) is 0 Å². The van der Waals surface area contributed by atoms with Crippen LogP contribution < -0.4 is 9.64 Å². The standard InChI is InChI=1S/C30H29N7O2S2/c1-21-5-3-4-6-26(21)37-28(22-11-13-31-14-12-22)33-34-30(37)41-20-27-32-25(19-40-27)29(38)36-17-15-35(16-18-36)23-7-9-24(39-2)10-8-23/h3-14,19H,15-18,20H2,1-2H3. The van der Waals surface area contributed by atoms with Crippen LogP contribution in [0.1, 0.15) is 21.1 Å². The lowest BCUT2D eigenvalue weighted by molar-refractivity contribution is 0.0741. The number of hydrogen-bond donors (Lipinski definition) is 0. The van der Waals surface area contributed by atoms with Crippen LogP contribution in [0.15, 0.2) is 83.6 Å². The van der Waals surface area contributed by atoms with Crippen LogP contribution in [0.25, 0.3) is 17.1 Å². The van der Waals surface area contributed by atoms with Gasteiger partial charge in [0.15, 0.2) is 11.0 Å². The summed E-state index contributed by atoms with van der Waals surface area (Å²) in [6.07, 6.45) is 3.51. The lowest BCUT2D eigenvalue weighted by Crippen LogP contribution is -2.48. The molecule has 1 amide bonds. The van der Waals surface area contributed by atoms with Gasteiger partial charge in [-0.25, -0.2) is 4.98 Å². The molecule has 4 heterocycles. The summed E-state index contributed by atoms with van der Waals surface area (Å²) in [4.78, 5) is 26.3. The van der Waals surface area contributed by atoms with Gasteiger partial charge in [0.1, 0.15) is 16.5 Å². The smallest absolute Gasteiger partial charge is 0.273 e. The molecule has 0 bridgehead atoms. The lowest BCUT2D eigenvalue weighted by atomic mass is 10.2. The first-order chi connectivity index (χ1) is 20.1. The Morgan fingerprint density at radius 3 is 2.46 bits per heavy atom. The number of amides is 1. The molecule has 11 heteroatoms. The van der Waals surface area contributed by atoms with Crippen molar-refractivity contribution in [2.75, 3.05) is 38.2 Å². The van der Waals surface area contributed by atoms with E-state index in [1.807, 2.05) is 46.7 Å². The monoisotopic (exact) mass is 583 g/mol. The van der Waals surface area contributed by atoms with E-state index in [2.05, 4.69) is 55.8 Å². The van der Waals surface area contributed by atoms with Crippen molar-refractivity contribution < 1.29 is 9.53 Å². The van der Waals surface area contributed by atoms with Crippen LogP contribution in [-0.2, 0) is 5.75 Å². The van der Waals surface area contributed by atoms with Crippen LogP contribution in [0, 0.1) is 6.92 Å². The number of methoxy groups -OCH3 is 1. The molecule has 1 fully saturated rings. The summed E-state index contributed by atoms with van der Waals surface area (Å²) in [7, 11) is 1.67. The van der Waals surface area contributed by atoms with Crippen LogP contribution in [-0.4, -0.2) is 68.8 Å². The summed E-state index contributed by atoms with van der Waals surface area (Å²) in [6, 6.07) is 20.1. The van der Waals surface area contributed by atoms with Crippen LogP contribution in [0.5, 0.6) is 5.75 Å². The first kappa shape index (κ1) is 27.0. The number of ether oxygens (including phenoxy) is 1. The zero-order valence-electron chi connectivity index (χ0n) is 22.8. The summed E-state index contributed by atoms with van der Waals surface area (Å²) in [5.41, 5.74) is 4.73. The fourth-order valence-corrected chi connectivity index (χ4v) is 6.54. The Labute approximate surface area is 246 Å². The first-order valence-electron chi connectivity index (χ1n) is 13.3. The number of nitrogens with zero attached hydrogens (tertiary/aromatic N) is 7. The molecule has 2 aromatic carbocycles. The van der Waals surface area contributed by atoms with Gasteiger partial charge in [0.25, 0.3) is 5.91 Å². The zero-order valence-corrected chi connectivity index (χ0v) is 24.4. The molecular formula is C30H29N7O2S2. The van der Waals surface area contributed by atoms with Gasteiger partial charge in [0, 0.05) is 55.2 Å². The van der Waals surface area contributed by atoms with E-state index in [9.17, 15) is 4.79 Å². The zero-order chi connectivity index (χ0) is 28.2. The van der Waals surface area contributed by atoms with Crippen molar-refractivity contribution in [3.05, 3.63) is 94.7 Å². The number of rotatable bonds is 8. The Bertz CT molecular complexity index is 1630. The largest absolute Gasteiger partial charge is 0.497 e. The highest BCUT2D eigenvalue weighted by Crippen LogP contribution is 2.31. The number of aromatic nitrogens is 5. The summed E-state index contributed by atoms with van der Waals surface area (Å²) in [5, 5.41) is 12.6. The third kappa shape index (κ3) is 5.82. The minimum absolute atomic E-state index is 0.0186. The van der Waals surface area contributed by atoms with Crippen molar-refractivity contribution in [1.82, 2.24) is 29.6 Å². The maximum atomic E-state index is 13.2. The maximum absolute atomic E-state index is 13.2. The molecule has 0 radical (unpaired) electrons. The Hall–Kier alpha value is -4.22. The van der Waals surface area contributed by atoms with Gasteiger partial charge in [0.2, 0.25) is 0 Å². The number of aryl methyl sites for hydroxylation is 1.